The van der Waals surface area contributed by atoms with E-state index in [0.29, 0.717) is 13.0 Å². The number of nitrogens with one attached hydrogen (secondary N) is 1. The van der Waals surface area contributed by atoms with Crippen molar-refractivity contribution in [2.45, 2.75) is 18.9 Å². The molecule has 0 aliphatic rings. The van der Waals surface area contributed by atoms with Gasteiger partial charge in [-0.3, -0.25) is 0 Å². The van der Waals surface area contributed by atoms with Crippen LogP contribution in [0.25, 0.3) is 0 Å². The molecule has 0 saturated carbocycles. The Hall–Kier alpha value is -0.480. The normalized spacial score (nSPS) is 13.3. The van der Waals surface area contributed by atoms with Crippen LogP contribution in [0.15, 0.2) is 12.7 Å². The molecule has 0 heterocycles. The molecule has 0 bridgehead atoms. The molecule has 1 N–H and O–H groups in total. The summed E-state index contributed by atoms with van der Waals surface area (Å²) in [6, 6.07) is 0.141. The lowest BCUT2D eigenvalue weighted by Gasteiger charge is -2.10. The molecule has 12 heavy (non-hydrogen) atoms. The van der Waals surface area contributed by atoms with Crippen molar-refractivity contribution < 1.29 is 13.5 Å². The first-order chi connectivity index (χ1) is 5.70. The zero-order chi connectivity index (χ0) is 9.40. The van der Waals surface area contributed by atoms with E-state index in [1.54, 1.807) is 13.1 Å². The Morgan fingerprint density at radius 2 is 2.25 bits per heavy atom. The molecule has 0 aliphatic heterocycles. The fraction of sp³-hybridized carbons (Fsp3) is 0.750. The van der Waals surface area contributed by atoms with Crippen molar-refractivity contribution in [3.63, 3.8) is 0 Å². The lowest BCUT2D eigenvalue weighted by molar-refractivity contribution is 0.0156. The molecule has 0 fully saturated rings. The van der Waals surface area contributed by atoms with Gasteiger partial charge in [-0.05, 0) is 13.5 Å². The van der Waals surface area contributed by atoms with Gasteiger partial charge in [-0.25, -0.2) is 8.78 Å². The van der Waals surface area contributed by atoms with Crippen LogP contribution in [0.4, 0.5) is 8.78 Å². The fourth-order valence-electron chi connectivity index (χ4n) is 0.763. The molecule has 0 saturated heterocycles. The third-order valence-corrected chi connectivity index (χ3v) is 1.47. The molecule has 0 aromatic rings. The van der Waals surface area contributed by atoms with Crippen molar-refractivity contribution in [1.82, 2.24) is 5.32 Å². The summed E-state index contributed by atoms with van der Waals surface area (Å²) in [5.74, 6) is 0. The highest BCUT2D eigenvalue weighted by atomic mass is 19.3. The molecular formula is C8H15F2NO. The first-order valence-corrected chi connectivity index (χ1v) is 3.86. The summed E-state index contributed by atoms with van der Waals surface area (Å²) in [5.41, 5.74) is 0. The zero-order valence-electron chi connectivity index (χ0n) is 7.22. The maximum absolute atomic E-state index is 11.6. The van der Waals surface area contributed by atoms with Crippen LogP contribution < -0.4 is 5.32 Å². The smallest absolute Gasteiger partial charge is 0.261 e. The molecule has 0 radical (unpaired) electrons. The van der Waals surface area contributed by atoms with Gasteiger partial charge in [-0.2, -0.15) is 0 Å². The summed E-state index contributed by atoms with van der Waals surface area (Å²) in [4.78, 5) is 0. The van der Waals surface area contributed by atoms with Gasteiger partial charge < -0.3 is 10.1 Å². The summed E-state index contributed by atoms with van der Waals surface area (Å²) in [7, 11) is 1.79. The summed E-state index contributed by atoms with van der Waals surface area (Å²) >= 11 is 0. The number of ether oxygens (including phenoxy) is 1. The van der Waals surface area contributed by atoms with Gasteiger partial charge in [0.05, 0.1) is 0 Å². The molecule has 4 heteroatoms. The third-order valence-electron chi connectivity index (χ3n) is 1.47. The molecule has 2 nitrogen and oxygen atoms in total. The number of hydrogen-bond acceptors (Lipinski definition) is 2. The van der Waals surface area contributed by atoms with E-state index in [2.05, 4.69) is 11.9 Å². The first kappa shape index (κ1) is 11.5. The highest BCUT2D eigenvalue weighted by Gasteiger charge is 2.03. The number of hydrogen-bond donors (Lipinski definition) is 1. The Balaban J connectivity index is 3.23. The SMILES string of the molecule is C=CC(CCOCC(F)F)NC. The molecule has 0 aromatic carbocycles. The second-order valence-electron chi connectivity index (χ2n) is 2.39. The van der Waals surface area contributed by atoms with Crippen LogP contribution in [0.5, 0.6) is 0 Å². The monoisotopic (exact) mass is 179 g/mol. The highest BCUT2D eigenvalue weighted by molar-refractivity contribution is 4.83. The highest BCUT2D eigenvalue weighted by Crippen LogP contribution is 1.96. The van der Waals surface area contributed by atoms with Crippen LogP contribution in [0.1, 0.15) is 6.42 Å². The maximum atomic E-state index is 11.6. The van der Waals surface area contributed by atoms with E-state index >= 15 is 0 Å². The average molecular weight is 179 g/mol. The minimum Gasteiger partial charge on any atom is -0.375 e. The zero-order valence-corrected chi connectivity index (χ0v) is 7.22. The molecule has 0 spiro atoms. The van der Waals surface area contributed by atoms with Gasteiger partial charge in [0.1, 0.15) is 6.61 Å². The first-order valence-electron chi connectivity index (χ1n) is 3.86. The van der Waals surface area contributed by atoms with Gasteiger partial charge in [-0.1, -0.05) is 6.08 Å². The van der Waals surface area contributed by atoms with Crippen molar-refractivity contribution in [3.8, 4) is 0 Å². The summed E-state index contributed by atoms with van der Waals surface area (Å²) in [6.07, 6.45) is 0.0279. The molecular weight excluding hydrogens is 164 g/mol. The standard InChI is InChI=1S/C8H15F2NO/c1-3-7(11-2)4-5-12-6-8(9)10/h3,7-8,11H,1,4-6H2,2H3. The Morgan fingerprint density at radius 1 is 1.58 bits per heavy atom. The predicted molar refractivity (Wildman–Crippen MR) is 44.5 cm³/mol. The number of alkyl halides is 2. The lowest BCUT2D eigenvalue weighted by atomic mass is 10.2. The van der Waals surface area contributed by atoms with Crippen LogP contribution in [-0.4, -0.2) is 32.7 Å². The molecule has 0 amide bonds. The lowest BCUT2D eigenvalue weighted by Crippen LogP contribution is -2.24. The van der Waals surface area contributed by atoms with Crippen molar-refractivity contribution in [3.05, 3.63) is 12.7 Å². The molecule has 1 atom stereocenters. The molecule has 0 aliphatic carbocycles. The summed E-state index contributed by atoms with van der Waals surface area (Å²) in [6.45, 7) is 3.44. The summed E-state index contributed by atoms with van der Waals surface area (Å²) in [5, 5.41) is 2.95. The van der Waals surface area contributed by atoms with Gasteiger partial charge in [0.2, 0.25) is 0 Å². The molecule has 0 rings (SSSR count). The van der Waals surface area contributed by atoms with E-state index in [1.165, 1.54) is 0 Å². The van der Waals surface area contributed by atoms with Crippen LogP contribution in [0.3, 0.4) is 0 Å². The second kappa shape index (κ2) is 7.18. The van der Waals surface area contributed by atoms with E-state index in [0.717, 1.165) is 0 Å². The predicted octanol–water partition coefficient (Wildman–Crippen LogP) is 1.43. The fourth-order valence-corrected chi connectivity index (χ4v) is 0.763. The second-order valence-corrected chi connectivity index (χ2v) is 2.39. The Kier molecular flexibility index (Phi) is 6.90. The van der Waals surface area contributed by atoms with E-state index in [1.807, 2.05) is 0 Å². The van der Waals surface area contributed by atoms with E-state index in [-0.39, 0.29) is 6.04 Å². The van der Waals surface area contributed by atoms with Crippen molar-refractivity contribution in [2.75, 3.05) is 20.3 Å². The van der Waals surface area contributed by atoms with Crippen molar-refractivity contribution in [2.24, 2.45) is 0 Å². The van der Waals surface area contributed by atoms with Crippen molar-refractivity contribution in [1.29, 1.82) is 0 Å². The van der Waals surface area contributed by atoms with Crippen LogP contribution in [0, 0.1) is 0 Å². The molecule has 1 unspecified atom stereocenters. The van der Waals surface area contributed by atoms with E-state index < -0.39 is 13.0 Å². The minimum absolute atomic E-state index is 0.141. The van der Waals surface area contributed by atoms with Crippen LogP contribution >= 0.6 is 0 Å². The molecule has 0 aromatic heterocycles. The van der Waals surface area contributed by atoms with E-state index in [4.69, 9.17) is 4.74 Å². The third kappa shape index (κ3) is 6.24. The topological polar surface area (TPSA) is 21.3 Å². The maximum Gasteiger partial charge on any atom is 0.261 e. The van der Waals surface area contributed by atoms with E-state index in [9.17, 15) is 8.78 Å². The Labute approximate surface area is 71.6 Å². The summed E-state index contributed by atoms with van der Waals surface area (Å²) < 4.78 is 27.8. The van der Waals surface area contributed by atoms with Crippen LogP contribution in [0.2, 0.25) is 0 Å². The van der Waals surface area contributed by atoms with Crippen LogP contribution in [-0.2, 0) is 4.74 Å². The Morgan fingerprint density at radius 3 is 2.67 bits per heavy atom. The average Bonchev–Trinajstić information content (AvgIpc) is 2.04. The number of rotatable bonds is 7. The van der Waals surface area contributed by atoms with Gasteiger partial charge in [0.25, 0.3) is 6.43 Å². The quantitative estimate of drug-likeness (QED) is 0.471. The van der Waals surface area contributed by atoms with Gasteiger partial charge in [-0.15, -0.1) is 6.58 Å². The number of likely N-dealkylation sites (N-methyl/N-ethyl adjacent to an activating group) is 1. The Bertz CT molecular complexity index is 120. The van der Waals surface area contributed by atoms with Gasteiger partial charge >= 0.3 is 0 Å². The number of halogens is 2. The molecule has 72 valence electrons. The van der Waals surface area contributed by atoms with Gasteiger partial charge in [0, 0.05) is 12.6 Å². The largest absolute Gasteiger partial charge is 0.375 e. The minimum atomic E-state index is -2.37. The van der Waals surface area contributed by atoms with Crippen molar-refractivity contribution >= 4 is 0 Å². The van der Waals surface area contributed by atoms with Gasteiger partial charge in [0.15, 0.2) is 0 Å².